The van der Waals surface area contributed by atoms with E-state index in [4.69, 9.17) is 27.9 Å². The molecule has 0 heterocycles. The van der Waals surface area contributed by atoms with Crippen LogP contribution in [0.15, 0.2) is 42.5 Å². The first-order valence-corrected chi connectivity index (χ1v) is 7.92. The van der Waals surface area contributed by atoms with Crippen LogP contribution >= 0.6 is 23.2 Å². The summed E-state index contributed by atoms with van der Waals surface area (Å²) in [7, 11) is 1.52. The highest BCUT2D eigenvalue weighted by atomic mass is 35.5. The maximum Gasteiger partial charge on any atom is 0.265 e. The van der Waals surface area contributed by atoms with Gasteiger partial charge < -0.3 is 15.4 Å². The Hall–Kier alpha value is -2.24. The molecular weight excluding hydrogens is 351 g/mol. The predicted octanol–water partition coefficient (Wildman–Crippen LogP) is 3.76. The Bertz CT molecular complexity index is 765. The summed E-state index contributed by atoms with van der Waals surface area (Å²) in [5, 5.41) is 5.78. The Kier molecular flexibility index (Phi) is 6.06. The number of nitrogens with one attached hydrogen (secondary N) is 2. The lowest BCUT2D eigenvalue weighted by molar-refractivity contribution is -0.122. The fourth-order valence-corrected chi connectivity index (χ4v) is 2.31. The second-order valence-corrected chi connectivity index (χ2v) is 5.71. The molecule has 24 heavy (non-hydrogen) atoms. The van der Waals surface area contributed by atoms with E-state index in [2.05, 4.69) is 10.6 Å². The Morgan fingerprint density at radius 2 is 1.79 bits per heavy atom. The second-order valence-electron chi connectivity index (χ2n) is 4.93. The molecule has 2 amide bonds. The number of rotatable bonds is 5. The highest BCUT2D eigenvalue weighted by Crippen LogP contribution is 2.32. The first-order chi connectivity index (χ1) is 11.4. The molecule has 0 spiro atoms. The van der Waals surface area contributed by atoms with Gasteiger partial charge in [0.1, 0.15) is 10.8 Å². The third-order valence-electron chi connectivity index (χ3n) is 3.25. The topological polar surface area (TPSA) is 67.4 Å². The molecule has 0 saturated heterocycles. The van der Waals surface area contributed by atoms with E-state index in [1.807, 2.05) is 0 Å². The molecule has 126 valence electrons. The summed E-state index contributed by atoms with van der Waals surface area (Å²) in [5.74, 6) is -0.397. The van der Waals surface area contributed by atoms with Crippen LogP contribution in [0, 0.1) is 0 Å². The van der Waals surface area contributed by atoms with Crippen LogP contribution in [0.5, 0.6) is 5.75 Å². The molecule has 0 aliphatic heterocycles. The molecule has 1 atom stereocenters. The highest BCUT2D eigenvalue weighted by Gasteiger charge is 2.19. The van der Waals surface area contributed by atoms with E-state index in [0.717, 1.165) is 0 Å². The molecule has 1 unspecified atom stereocenters. The third kappa shape index (κ3) is 4.19. The summed E-state index contributed by atoms with van der Waals surface area (Å²) < 4.78 is 5.56. The molecule has 2 aromatic rings. The van der Waals surface area contributed by atoms with E-state index in [9.17, 15) is 9.59 Å². The number of para-hydroxylation sites is 1. The first-order valence-electron chi connectivity index (χ1n) is 7.16. The molecule has 0 fully saturated rings. The van der Waals surface area contributed by atoms with Gasteiger partial charge in [-0.2, -0.15) is 0 Å². The SMILES string of the molecule is CNC(=O)c1ccccc1NC(=O)C(C)Oc1cccc(Cl)c1Cl. The van der Waals surface area contributed by atoms with Crippen LogP contribution in [0.1, 0.15) is 17.3 Å². The van der Waals surface area contributed by atoms with Gasteiger partial charge in [-0.05, 0) is 31.2 Å². The van der Waals surface area contributed by atoms with E-state index in [-0.39, 0.29) is 10.9 Å². The zero-order valence-corrected chi connectivity index (χ0v) is 14.6. The van der Waals surface area contributed by atoms with Gasteiger partial charge in [0.2, 0.25) is 0 Å². The Balaban J connectivity index is 2.13. The number of ether oxygens (including phenoxy) is 1. The maximum absolute atomic E-state index is 12.3. The molecule has 5 nitrogen and oxygen atoms in total. The summed E-state index contributed by atoms with van der Waals surface area (Å²) in [6.45, 7) is 1.58. The van der Waals surface area contributed by atoms with Gasteiger partial charge in [0, 0.05) is 7.05 Å². The van der Waals surface area contributed by atoms with Crippen molar-refractivity contribution in [1.29, 1.82) is 0 Å². The summed E-state index contributed by atoms with van der Waals surface area (Å²) in [4.78, 5) is 24.2. The zero-order chi connectivity index (χ0) is 17.7. The molecule has 2 aromatic carbocycles. The lowest BCUT2D eigenvalue weighted by Gasteiger charge is -2.17. The Morgan fingerprint density at radius 3 is 2.50 bits per heavy atom. The fraction of sp³-hybridized carbons (Fsp3) is 0.176. The molecule has 0 radical (unpaired) electrons. The number of hydrogen-bond acceptors (Lipinski definition) is 3. The minimum atomic E-state index is -0.835. The number of benzene rings is 2. The van der Waals surface area contributed by atoms with Crippen LogP contribution in [0.3, 0.4) is 0 Å². The van der Waals surface area contributed by atoms with Gasteiger partial charge in [0.15, 0.2) is 6.10 Å². The molecule has 0 saturated carbocycles. The quantitative estimate of drug-likeness (QED) is 0.846. The lowest BCUT2D eigenvalue weighted by atomic mass is 10.1. The van der Waals surface area contributed by atoms with Gasteiger partial charge in [0.05, 0.1) is 16.3 Å². The minimum absolute atomic E-state index is 0.240. The van der Waals surface area contributed by atoms with Gasteiger partial charge in [-0.15, -0.1) is 0 Å². The van der Waals surface area contributed by atoms with Gasteiger partial charge in [-0.1, -0.05) is 41.4 Å². The maximum atomic E-state index is 12.3. The number of carbonyl (C=O) groups is 2. The molecule has 0 aromatic heterocycles. The minimum Gasteiger partial charge on any atom is -0.479 e. The van der Waals surface area contributed by atoms with Crippen molar-refractivity contribution in [1.82, 2.24) is 5.32 Å². The van der Waals surface area contributed by atoms with Crippen molar-refractivity contribution in [2.24, 2.45) is 0 Å². The Labute approximate surface area is 149 Å². The summed E-state index contributed by atoms with van der Waals surface area (Å²) in [5.41, 5.74) is 0.760. The largest absolute Gasteiger partial charge is 0.479 e. The molecule has 0 aliphatic rings. The third-order valence-corrected chi connectivity index (χ3v) is 4.05. The van der Waals surface area contributed by atoms with E-state index >= 15 is 0 Å². The van der Waals surface area contributed by atoms with Crippen molar-refractivity contribution in [3.05, 3.63) is 58.1 Å². The van der Waals surface area contributed by atoms with Crippen molar-refractivity contribution in [2.45, 2.75) is 13.0 Å². The van der Waals surface area contributed by atoms with Crippen LogP contribution < -0.4 is 15.4 Å². The van der Waals surface area contributed by atoms with Crippen molar-refractivity contribution >= 4 is 40.7 Å². The van der Waals surface area contributed by atoms with E-state index in [0.29, 0.717) is 22.0 Å². The van der Waals surface area contributed by atoms with Gasteiger partial charge in [-0.3, -0.25) is 9.59 Å². The monoisotopic (exact) mass is 366 g/mol. The summed E-state index contributed by atoms with van der Waals surface area (Å²) >= 11 is 12.0. The van der Waals surface area contributed by atoms with Gasteiger partial charge in [0.25, 0.3) is 11.8 Å². The number of hydrogen-bond donors (Lipinski definition) is 2. The molecule has 0 aliphatic carbocycles. The van der Waals surface area contributed by atoms with Gasteiger partial charge in [-0.25, -0.2) is 0 Å². The highest BCUT2D eigenvalue weighted by molar-refractivity contribution is 6.42. The molecule has 7 heteroatoms. The molecule has 2 N–H and O–H groups in total. The second kappa shape index (κ2) is 8.04. The molecular formula is C17H16Cl2N2O3. The number of halogens is 2. The van der Waals surface area contributed by atoms with Crippen molar-refractivity contribution in [3.8, 4) is 5.75 Å². The number of carbonyl (C=O) groups excluding carboxylic acids is 2. The molecule has 0 bridgehead atoms. The van der Waals surface area contributed by atoms with E-state index in [1.54, 1.807) is 49.4 Å². The van der Waals surface area contributed by atoms with Crippen LogP contribution in [0.4, 0.5) is 5.69 Å². The van der Waals surface area contributed by atoms with Crippen molar-refractivity contribution < 1.29 is 14.3 Å². The van der Waals surface area contributed by atoms with E-state index in [1.165, 1.54) is 7.05 Å². The average Bonchev–Trinajstić information content (AvgIpc) is 2.58. The van der Waals surface area contributed by atoms with Crippen LogP contribution in [-0.2, 0) is 4.79 Å². The van der Waals surface area contributed by atoms with Crippen LogP contribution in [-0.4, -0.2) is 25.0 Å². The normalized spacial score (nSPS) is 11.5. The van der Waals surface area contributed by atoms with Crippen molar-refractivity contribution in [2.75, 3.05) is 12.4 Å². The fourth-order valence-electron chi connectivity index (χ4n) is 1.98. The summed E-state index contributed by atoms with van der Waals surface area (Å²) in [6.07, 6.45) is -0.835. The number of amides is 2. The average molecular weight is 367 g/mol. The lowest BCUT2D eigenvalue weighted by Crippen LogP contribution is -2.31. The zero-order valence-electron chi connectivity index (χ0n) is 13.1. The van der Waals surface area contributed by atoms with E-state index < -0.39 is 12.0 Å². The molecule has 2 rings (SSSR count). The Morgan fingerprint density at radius 1 is 1.08 bits per heavy atom. The first kappa shape index (κ1) is 18.1. The van der Waals surface area contributed by atoms with Crippen molar-refractivity contribution in [3.63, 3.8) is 0 Å². The van der Waals surface area contributed by atoms with Crippen LogP contribution in [0.2, 0.25) is 10.0 Å². The smallest absolute Gasteiger partial charge is 0.265 e. The number of anilines is 1. The summed E-state index contributed by atoms with van der Waals surface area (Å²) in [6, 6.07) is 11.6. The standard InChI is InChI=1S/C17H16Cl2N2O3/c1-10(24-14-9-5-7-12(18)15(14)19)16(22)21-13-8-4-3-6-11(13)17(23)20-2/h3-10H,1-2H3,(H,20,23)(H,21,22). The predicted molar refractivity (Wildman–Crippen MR) is 95.0 cm³/mol. The van der Waals surface area contributed by atoms with Gasteiger partial charge >= 0.3 is 0 Å². The van der Waals surface area contributed by atoms with Crippen LogP contribution in [0.25, 0.3) is 0 Å².